The van der Waals surface area contributed by atoms with Crippen LogP contribution >= 0.6 is 0 Å². The Morgan fingerprint density at radius 2 is 1.53 bits per heavy atom. The molecule has 202 valence electrons. The fraction of sp³-hybridized carbons (Fsp3) is 0.345. The minimum Gasteiger partial charge on any atom is -0.466 e. The molecule has 9 heteroatoms. The second-order valence-corrected chi connectivity index (χ2v) is 8.45. The van der Waals surface area contributed by atoms with E-state index in [-0.39, 0.29) is 36.2 Å². The predicted octanol–water partition coefficient (Wildman–Crippen LogP) is 3.38. The molecule has 9 nitrogen and oxygen atoms in total. The average Bonchev–Trinajstić information content (AvgIpc) is 2.87. The van der Waals surface area contributed by atoms with Crippen molar-refractivity contribution >= 4 is 17.8 Å². The number of hydrogen-bond donors (Lipinski definition) is 1. The number of benzene rings is 2. The minimum atomic E-state index is -0.295. The minimum absolute atomic E-state index is 0.142. The molecular weight excluding hydrogens is 486 g/mol. The van der Waals surface area contributed by atoms with Crippen molar-refractivity contribution in [2.75, 3.05) is 19.8 Å². The molecule has 0 saturated carbocycles. The summed E-state index contributed by atoms with van der Waals surface area (Å²) in [4.78, 5) is 45.9. The highest BCUT2D eigenvalue weighted by molar-refractivity contribution is 5.94. The largest absolute Gasteiger partial charge is 0.466 e. The fourth-order valence-electron chi connectivity index (χ4n) is 3.37. The first-order chi connectivity index (χ1) is 18.2. The Labute approximate surface area is 222 Å². The van der Waals surface area contributed by atoms with E-state index in [1.807, 2.05) is 50.2 Å². The standard InChI is InChI=1S/C16H18N2O3.C13H17NO3/c1-3-21-16(20)10-13-5-4-6-14(9-13)11-18-15(19)8-7-12(2)17-18;1-3-17-12(15)8-9-14-13(16)11-6-4-10(2)5-7-11/h4-9H,3,10-11H2,1-2H3;4-7H,3,8-9H2,1-2H3,(H,14,16). The first-order valence-electron chi connectivity index (χ1n) is 12.5. The van der Waals surface area contributed by atoms with Crippen LogP contribution in [0.4, 0.5) is 0 Å². The van der Waals surface area contributed by atoms with Crippen LogP contribution in [0.2, 0.25) is 0 Å². The summed E-state index contributed by atoms with van der Waals surface area (Å²) >= 11 is 0. The fourth-order valence-corrected chi connectivity index (χ4v) is 3.37. The van der Waals surface area contributed by atoms with Crippen molar-refractivity contribution in [3.63, 3.8) is 0 Å². The van der Waals surface area contributed by atoms with E-state index < -0.39 is 0 Å². The van der Waals surface area contributed by atoms with Crippen LogP contribution in [0.25, 0.3) is 0 Å². The first-order valence-corrected chi connectivity index (χ1v) is 12.5. The number of esters is 2. The number of nitrogens with one attached hydrogen (secondary N) is 1. The molecule has 0 spiro atoms. The summed E-state index contributed by atoms with van der Waals surface area (Å²) in [5.41, 5.74) is 4.14. The van der Waals surface area contributed by atoms with E-state index in [1.54, 1.807) is 32.0 Å². The maximum Gasteiger partial charge on any atom is 0.310 e. The average molecular weight is 522 g/mol. The van der Waals surface area contributed by atoms with Gasteiger partial charge in [0.2, 0.25) is 0 Å². The van der Waals surface area contributed by atoms with Gasteiger partial charge in [0.25, 0.3) is 11.5 Å². The van der Waals surface area contributed by atoms with Gasteiger partial charge >= 0.3 is 11.9 Å². The van der Waals surface area contributed by atoms with Crippen LogP contribution in [0.15, 0.2) is 65.5 Å². The molecule has 0 unspecified atom stereocenters. The first kappa shape index (κ1) is 30.0. The van der Waals surface area contributed by atoms with Gasteiger partial charge in [-0.3, -0.25) is 19.2 Å². The zero-order valence-corrected chi connectivity index (χ0v) is 22.4. The summed E-state index contributed by atoms with van der Waals surface area (Å²) in [5, 5.41) is 6.87. The molecular formula is C29H35N3O6. The van der Waals surface area contributed by atoms with Crippen molar-refractivity contribution < 1.29 is 23.9 Å². The van der Waals surface area contributed by atoms with Gasteiger partial charge in [-0.15, -0.1) is 0 Å². The van der Waals surface area contributed by atoms with E-state index in [4.69, 9.17) is 9.47 Å². The van der Waals surface area contributed by atoms with E-state index >= 15 is 0 Å². The highest BCUT2D eigenvalue weighted by atomic mass is 16.5. The van der Waals surface area contributed by atoms with Gasteiger partial charge in [0, 0.05) is 18.2 Å². The molecule has 0 radical (unpaired) electrons. The topological polar surface area (TPSA) is 117 Å². The number of ether oxygens (including phenoxy) is 2. The van der Waals surface area contributed by atoms with Crippen LogP contribution in [-0.2, 0) is 32.0 Å². The van der Waals surface area contributed by atoms with Crippen molar-refractivity contribution in [2.45, 2.75) is 47.1 Å². The predicted molar refractivity (Wildman–Crippen MR) is 144 cm³/mol. The molecule has 2 aromatic carbocycles. The molecule has 1 heterocycles. The van der Waals surface area contributed by atoms with Gasteiger partial charge in [-0.05, 0) is 57.0 Å². The monoisotopic (exact) mass is 521 g/mol. The summed E-state index contributed by atoms with van der Waals surface area (Å²) in [6, 6.07) is 18.0. The van der Waals surface area contributed by atoms with Crippen LogP contribution in [0.3, 0.4) is 0 Å². The Morgan fingerprint density at radius 1 is 0.868 bits per heavy atom. The van der Waals surface area contributed by atoms with Crippen molar-refractivity contribution in [1.82, 2.24) is 15.1 Å². The SMILES string of the molecule is CCOC(=O)CCNC(=O)c1ccc(C)cc1.CCOC(=O)Cc1cccc(Cn2nc(C)ccc2=O)c1. The van der Waals surface area contributed by atoms with Crippen LogP contribution < -0.4 is 10.9 Å². The molecule has 0 fully saturated rings. The molecule has 1 N–H and O–H groups in total. The van der Waals surface area contributed by atoms with Gasteiger partial charge in [-0.25, -0.2) is 4.68 Å². The molecule has 0 atom stereocenters. The van der Waals surface area contributed by atoms with Crippen molar-refractivity contribution in [3.8, 4) is 0 Å². The van der Waals surface area contributed by atoms with Crippen LogP contribution in [0.5, 0.6) is 0 Å². The quantitative estimate of drug-likeness (QED) is 0.407. The van der Waals surface area contributed by atoms with E-state index in [2.05, 4.69) is 10.4 Å². The third-order valence-electron chi connectivity index (χ3n) is 5.21. The van der Waals surface area contributed by atoms with Gasteiger partial charge in [0.1, 0.15) is 0 Å². The van der Waals surface area contributed by atoms with E-state index in [1.165, 1.54) is 10.7 Å². The lowest BCUT2D eigenvalue weighted by molar-refractivity contribution is -0.143. The molecule has 0 aliphatic carbocycles. The van der Waals surface area contributed by atoms with Crippen LogP contribution in [0.1, 0.15) is 53.0 Å². The molecule has 38 heavy (non-hydrogen) atoms. The second-order valence-electron chi connectivity index (χ2n) is 8.45. The number of rotatable bonds is 10. The highest BCUT2D eigenvalue weighted by Crippen LogP contribution is 2.08. The number of nitrogens with zero attached hydrogens (tertiary/aromatic N) is 2. The maximum atomic E-state index is 11.7. The Morgan fingerprint density at radius 3 is 2.21 bits per heavy atom. The zero-order valence-electron chi connectivity index (χ0n) is 22.4. The number of carbonyl (C=O) groups is 3. The van der Waals surface area contributed by atoms with Gasteiger partial charge in [0.05, 0.1) is 38.3 Å². The molecule has 1 aromatic heterocycles. The third-order valence-corrected chi connectivity index (χ3v) is 5.21. The normalized spacial score (nSPS) is 10.1. The van der Waals surface area contributed by atoms with Crippen LogP contribution in [-0.4, -0.2) is 47.4 Å². The summed E-state index contributed by atoms with van der Waals surface area (Å²) in [5.74, 6) is -0.716. The Kier molecular flexibility index (Phi) is 12.4. The van der Waals surface area contributed by atoms with Crippen molar-refractivity contribution in [2.24, 2.45) is 0 Å². The third kappa shape index (κ3) is 10.8. The smallest absolute Gasteiger partial charge is 0.310 e. The molecule has 0 aliphatic heterocycles. The lowest BCUT2D eigenvalue weighted by Crippen LogP contribution is -2.26. The Balaban J connectivity index is 0.000000273. The summed E-state index contributed by atoms with van der Waals surface area (Å²) in [7, 11) is 0. The lowest BCUT2D eigenvalue weighted by atomic mass is 10.1. The van der Waals surface area contributed by atoms with Gasteiger partial charge in [-0.2, -0.15) is 5.10 Å². The number of carbonyl (C=O) groups excluding carboxylic acids is 3. The second kappa shape index (κ2) is 15.8. The van der Waals surface area contributed by atoms with Crippen molar-refractivity contribution in [1.29, 1.82) is 0 Å². The molecule has 0 bridgehead atoms. The Hall–Kier alpha value is -4.27. The maximum absolute atomic E-state index is 11.7. The highest BCUT2D eigenvalue weighted by Gasteiger charge is 2.07. The number of aromatic nitrogens is 2. The van der Waals surface area contributed by atoms with E-state index in [9.17, 15) is 19.2 Å². The molecule has 3 aromatic rings. The van der Waals surface area contributed by atoms with Gasteiger partial charge < -0.3 is 14.8 Å². The van der Waals surface area contributed by atoms with E-state index in [0.717, 1.165) is 22.4 Å². The zero-order chi connectivity index (χ0) is 27.9. The van der Waals surface area contributed by atoms with Crippen LogP contribution in [0, 0.1) is 13.8 Å². The summed E-state index contributed by atoms with van der Waals surface area (Å²) in [6.45, 7) is 8.76. The number of amides is 1. The number of hydrogen-bond acceptors (Lipinski definition) is 7. The summed E-state index contributed by atoms with van der Waals surface area (Å²) in [6.07, 6.45) is 0.434. The van der Waals surface area contributed by atoms with Gasteiger partial charge in [-0.1, -0.05) is 42.0 Å². The summed E-state index contributed by atoms with van der Waals surface area (Å²) < 4.78 is 11.1. The molecule has 0 saturated heterocycles. The Bertz CT molecular complexity index is 1270. The van der Waals surface area contributed by atoms with E-state index in [0.29, 0.717) is 31.9 Å². The molecule has 0 aliphatic rings. The molecule has 1 amide bonds. The van der Waals surface area contributed by atoms with Gasteiger partial charge in [0.15, 0.2) is 0 Å². The van der Waals surface area contributed by atoms with Crippen molar-refractivity contribution in [3.05, 3.63) is 99.0 Å². The molecule has 3 rings (SSSR count). The number of aryl methyl sites for hydroxylation is 2. The lowest BCUT2D eigenvalue weighted by Gasteiger charge is -2.07.